The maximum absolute atomic E-state index is 3.15. The lowest BCUT2D eigenvalue weighted by Gasteiger charge is -2.06. The van der Waals surface area contributed by atoms with Crippen molar-refractivity contribution in [2.24, 2.45) is 5.41 Å². The quantitative estimate of drug-likeness (QED) is 0.449. The Bertz CT molecular complexity index is 178. The third kappa shape index (κ3) is 5.44. The van der Waals surface area contributed by atoms with Crippen LogP contribution in [0.5, 0.6) is 0 Å². The highest BCUT2D eigenvalue weighted by molar-refractivity contribution is 5.27. The molecule has 0 aliphatic rings. The average molecular weight is 136 g/mol. The van der Waals surface area contributed by atoms with Gasteiger partial charge in [0.1, 0.15) is 0 Å². The van der Waals surface area contributed by atoms with Crippen LogP contribution >= 0.6 is 0 Å². The Hall–Kier alpha value is -0.700. The molecule has 0 bridgehead atoms. The standard InChI is InChI=1S/C10H16/c1-6-9(2)7-8-10(3,4)5/h6H,1-5H3. The number of hydrogen-bond donors (Lipinski definition) is 0. The Kier molecular flexibility index (Phi) is 3.22. The van der Waals surface area contributed by atoms with Crippen LogP contribution < -0.4 is 0 Å². The van der Waals surface area contributed by atoms with Crippen LogP contribution in [0.4, 0.5) is 0 Å². The van der Waals surface area contributed by atoms with Gasteiger partial charge in [-0.05, 0) is 40.2 Å². The SMILES string of the molecule is CC=C(C)C#CC(C)(C)C. The minimum atomic E-state index is 0.129. The van der Waals surface area contributed by atoms with Gasteiger partial charge in [0.15, 0.2) is 0 Å². The van der Waals surface area contributed by atoms with Gasteiger partial charge >= 0.3 is 0 Å². The largest absolute Gasteiger partial charge is 0.0923 e. The number of hydrogen-bond acceptors (Lipinski definition) is 0. The van der Waals surface area contributed by atoms with Crippen LogP contribution in [0.25, 0.3) is 0 Å². The van der Waals surface area contributed by atoms with E-state index in [0.717, 1.165) is 5.57 Å². The molecule has 0 heteroatoms. The molecule has 56 valence electrons. The molecule has 0 fully saturated rings. The van der Waals surface area contributed by atoms with Gasteiger partial charge in [0.05, 0.1) is 0 Å². The van der Waals surface area contributed by atoms with Gasteiger partial charge in [0.2, 0.25) is 0 Å². The average Bonchev–Trinajstić information content (AvgIpc) is 1.81. The predicted octanol–water partition coefficient (Wildman–Crippen LogP) is 3.00. The van der Waals surface area contributed by atoms with E-state index in [1.54, 1.807) is 0 Å². The van der Waals surface area contributed by atoms with Crippen LogP contribution in [0.3, 0.4) is 0 Å². The third-order valence-corrected chi connectivity index (χ3v) is 1.07. The van der Waals surface area contributed by atoms with E-state index in [4.69, 9.17) is 0 Å². The minimum absolute atomic E-state index is 0.129. The molecule has 0 aliphatic carbocycles. The van der Waals surface area contributed by atoms with Gasteiger partial charge in [-0.1, -0.05) is 17.9 Å². The van der Waals surface area contributed by atoms with Crippen molar-refractivity contribution in [2.75, 3.05) is 0 Å². The Morgan fingerprint density at radius 3 is 2.10 bits per heavy atom. The monoisotopic (exact) mass is 136 g/mol. The molecule has 0 nitrogen and oxygen atoms in total. The predicted molar refractivity (Wildman–Crippen MR) is 46.7 cm³/mol. The molecule has 0 atom stereocenters. The van der Waals surface area contributed by atoms with Crippen LogP contribution in [0.2, 0.25) is 0 Å². The van der Waals surface area contributed by atoms with Crippen molar-refractivity contribution < 1.29 is 0 Å². The topological polar surface area (TPSA) is 0 Å². The van der Waals surface area contributed by atoms with Crippen molar-refractivity contribution in [3.05, 3.63) is 11.6 Å². The molecule has 0 aliphatic heterocycles. The van der Waals surface area contributed by atoms with Gasteiger partial charge in [-0.3, -0.25) is 0 Å². The van der Waals surface area contributed by atoms with E-state index in [0.29, 0.717) is 0 Å². The molecule has 0 rings (SSSR count). The van der Waals surface area contributed by atoms with E-state index in [1.807, 2.05) is 19.9 Å². The van der Waals surface area contributed by atoms with Gasteiger partial charge in [0, 0.05) is 5.41 Å². The van der Waals surface area contributed by atoms with Gasteiger partial charge < -0.3 is 0 Å². The number of rotatable bonds is 0. The molecular weight excluding hydrogens is 120 g/mol. The lowest BCUT2D eigenvalue weighted by Crippen LogP contribution is -1.99. The highest BCUT2D eigenvalue weighted by Gasteiger charge is 2.02. The van der Waals surface area contributed by atoms with Gasteiger partial charge in [0.25, 0.3) is 0 Å². The summed E-state index contributed by atoms with van der Waals surface area (Å²) >= 11 is 0. The smallest absolute Gasteiger partial charge is 0.0233 e. The Balaban J connectivity index is 4.19. The van der Waals surface area contributed by atoms with Crippen LogP contribution in [0, 0.1) is 17.3 Å². The molecule has 0 N–H and O–H groups in total. The fraction of sp³-hybridized carbons (Fsp3) is 0.600. The molecule has 0 amide bonds. The first-order chi connectivity index (χ1) is 4.45. The van der Waals surface area contributed by atoms with Crippen LogP contribution in [-0.4, -0.2) is 0 Å². The zero-order chi connectivity index (χ0) is 8.20. The van der Waals surface area contributed by atoms with Crippen molar-refractivity contribution >= 4 is 0 Å². The third-order valence-electron chi connectivity index (χ3n) is 1.07. The summed E-state index contributed by atoms with van der Waals surface area (Å²) in [4.78, 5) is 0. The van der Waals surface area contributed by atoms with E-state index in [-0.39, 0.29) is 5.41 Å². The summed E-state index contributed by atoms with van der Waals surface area (Å²) in [6, 6.07) is 0. The Morgan fingerprint density at radius 2 is 1.80 bits per heavy atom. The van der Waals surface area contributed by atoms with Crippen molar-refractivity contribution in [3.8, 4) is 11.8 Å². The van der Waals surface area contributed by atoms with Crippen LogP contribution in [-0.2, 0) is 0 Å². The molecule has 0 saturated heterocycles. The van der Waals surface area contributed by atoms with E-state index in [1.165, 1.54) is 0 Å². The second kappa shape index (κ2) is 3.46. The van der Waals surface area contributed by atoms with Gasteiger partial charge in [-0.25, -0.2) is 0 Å². The second-order valence-corrected chi connectivity index (χ2v) is 3.47. The maximum Gasteiger partial charge on any atom is 0.0233 e. The summed E-state index contributed by atoms with van der Waals surface area (Å²) in [6.45, 7) is 10.4. The Morgan fingerprint density at radius 1 is 1.30 bits per heavy atom. The zero-order valence-corrected chi connectivity index (χ0v) is 7.58. The van der Waals surface area contributed by atoms with Gasteiger partial charge in [-0.15, -0.1) is 0 Å². The summed E-state index contributed by atoms with van der Waals surface area (Å²) in [5.74, 6) is 6.24. The molecule has 0 aromatic carbocycles. The van der Waals surface area contributed by atoms with E-state index in [9.17, 15) is 0 Å². The summed E-state index contributed by atoms with van der Waals surface area (Å²) in [5.41, 5.74) is 1.28. The molecule has 0 unspecified atom stereocenters. The zero-order valence-electron chi connectivity index (χ0n) is 7.58. The van der Waals surface area contributed by atoms with Gasteiger partial charge in [-0.2, -0.15) is 0 Å². The Labute approximate surface area is 64.3 Å². The minimum Gasteiger partial charge on any atom is -0.0923 e. The molecule has 0 heterocycles. The first-order valence-electron chi connectivity index (χ1n) is 3.62. The molecule has 0 aromatic heterocycles. The van der Waals surface area contributed by atoms with Crippen molar-refractivity contribution in [3.63, 3.8) is 0 Å². The van der Waals surface area contributed by atoms with Crippen LogP contribution in [0.1, 0.15) is 34.6 Å². The second-order valence-electron chi connectivity index (χ2n) is 3.47. The summed E-state index contributed by atoms with van der Waals surface area (Å²) in [6.07, 6.45) is 2.03. The van der Waals surface area contributed by atoms with Crippen molar-refractivity contribution in [2.45, 2.75) is 34.6 Å². The number of allylic oxidation sites excluding steroid dienone is 2. The van der Waals surface area contributed by atoms with Crippen molar-refractivity contribution in [1.82, 2.24) is 0 Å². The first kappa shape index (κ1) is 9.30. The maximum atomic E-state index is 3.15. The lowest BCUT2D eigenvalue weighted by molar-refractivity contribution is 0.571. The van der Waals surface area contributed by atoms with Crippen LogP contribution in [0.15, 0.2) is 11.6 Å². The van der Waals surface area contributed by atoms with E-state index < -0.39 is 0 Å². The highest BCUT2D eigenvalue weighted by atomic mass is 14.1. The lowest BCUT2D eigenvalue weighted by atomic mass is 9.97. The fourth-order valence-corrected chi connectivity index (χ4v) is 0.358. The molecular formula is C10H16. The van der Waals surface area contributed by atoms with E-state index in [2.05, 4.69) is 32.6 Å². The molecule has 0 saturated carbocycles. The summed E-state index contributed by atoms with van der Waals surface area (Å²) in [5, 5.41) is 0. The summed E-state index contributed by atoms with van der Waals surface area (Å²) in [7, 11) is 0. The first-order valence-corrected chi connectivity index (χ1v) is 3.62. The molecule has 0 radical (unpaired) electrons. The fourth-order valence-electron chi connectivity index (χ4n) is 0.358. The van der Waals surface area contributed by atoms with E-state index >= 15 is 0 Å². The summed E-state index contributed by atoms with van der Waals surface area (Å²) < 4.78 is 0. The normalized spacial score (nSPS) is 12.3. The molecule has 0 spiro atoms. The van der Waals surface area contributed by atoms with Crippen molar-refractivity contribution in [1.29, 1.82) is 0 Å². The highest BCUT2D eigenvalue weighted by Crippen LogP contribution is 2.10. The molecule has 0 aromatic rings. The molecule has 10 heavy (non-hydrogen) atoms.